The summed E-state index contributed by atoms with van der Waals surface area (Å²) in [6, 6.07) is 0.255. The molecule has 2 rings (SSSR count). The lowest BCUT2D eigenvalue weighted by molar-refractivity contribution is -0.149. The molecule has 1 aliphatic heterocycles. The summed E-state index contributed by atoms with van der Waals surface area (Å²) < 4.78 is 5.08. The number of carbonyl (C=O) groups is 3. The van der Waals surface area contributed by atoms with Crippen molar-refractivity contribution in [2.45, 2.75) is 52.0 Å². The van der Waals surface area contributed by atoms with Crippen molar-refractivity contribution in [1.82, 2.24) is 4.90 Å². The summed E-state index contributed by atoms with van der Waals surface area (Å²) in [5.74, 6) is 1.12. The molecular formula is C16H25NO4S. The van der Waals surface area contributed by atoms with E-state index in [1.54, 1.807) is 6.92 Å². The molecule has 2 fully saturated rings. The zero-order valence-corrected chi connectivity index (χ0v) is 14.2. The number of hydrogen-bond donors (Lipinski definition) is 0. The molecule has 0 aromatic carbocycles. The van der Waals surface area contributed by atoms with Crippen LogP contribution >= 0.6 is 11.8 Å². The van der Waals surface area contributed by atoms with Gasteiger partial charge in [-0.1, -0.05) is 11.8 Å². The van der Waals surface area contributed by atoms with Crippen LogP contribution in [-0.4, -0.2) is 46.8 Å². The maximum atomic E-state index is 12.2. The SMILES string of the molecule is CCOC(=O)C1CCC(N2CC(CSC(C)=O)CC2=O)CC1. The molecule has 0 spiro atoms. The van der Waals surface area contributed by atoms with E-state index >= 15 is 0 Å². The van der Waals surface area contributed by atoms with Crippen LogP contribution in [0.3, 0.4) is 0 Å². The summed E-state index contributed by atoms with van der Waals surface area (Å²) in [6.45, 7) is 4.58. The third-order valence-corrected chi connectivity index (χ3v) is 5.56. The molecule has 1 atom stereocenters. The van der Waals surface area contributed by atoms with Crippen molar-refractivity contribution < 1.29 is 19.1 Å². The Morgan fingerprint density at radius 1 is 1.27 bits per heavy atom. The fourth-order valence-corrected chi connectivity index (χ4v) is 4.09. The van der Waals surface area contributed by atoms with E-state index in [1.807, 2.05) is 11.8 Å². The van der Waals surface area contributed by atoms with E-state index in [0.717, 1.165) is 38.0 Å². The number of ether oxygens (including phenoxy) is 1. The van der Waals surface area contributed by atoms with Crippen LogP contribution in [0, 0.1) is 11.8 Å². The highest BCUT2D eigenvalue weighted by Crippen LogP contribution is 2.32. The summed E-state index contributed by atoms with van der Waals surface area (Å²) in [4.78, 5) is 37.0. The molecule has 6 heteroatoms. The van der Waals surface area contributed by atoms with Crippen molar-refractivity contribution in [3.05, 3.63) is 0 Å². The maximum absolute atomic E-state index is 12.2. The maximum Gasteiger partial charge on any atom is 0.308 e. The molecule has 0 radical (unpaired) electrons. The Morgan fingerprint density at radius 3 is 2.55 bits per heavy atom. The average Bonchev–Trinajstić information content (AvgIpc) is 2.86. The normalized spacial score (nSPS) is 28.7. The lowest BCUT2D eigenvalue weighted by Gasteiger charge is -2.34. The molecule has 2 aliphatic rings. The molecule has 124 valence electrons. The highest BCUT2D eigenvalue weighted by Gasteiger charge is 2.37. The van der Waals surface area contributed by atoms with Crippen molar-refractivity contribution >= 4 is 28.8 Å². The smallest absolute Gasteiger partial charge is 0.308 e. The van der Waals surface area contributed by atoms with E-state index in [2.05, 4.69) is 0 Å². The van der Waals surface area contributed by atoms with Gasteiger partial charge in [0.25, 0.3) is 0 Å². The molecule has 0 N–H and O–H groups in total. The van der Waals surface area contributed by atoms with Gasteiger partial charge in [-0.25, -0.2) is 0 Å². The Morgan fingerprint density at radius 2 is 1.95 bits per heavy atom. The van der Waals surface area contributed by atoms with Crippen LogP contribution in [0.15, 0.2) is 0 Å². The predicted molar refractivity (Wildman–Crippen MR) is 85.3 cm³/mol. The van der Waals surface area contributed by atoms with Gasteiger partial charge in [-0.2, -0.15) is 0 Å². The second-order valence-corrected chi connectivity index (χ2v) is 7.37. The van der Waals surface area contributed by atoms with Crippen molar-refractivity contribution in [3.63, 3.8) is 0 Å². The highest BCUT2D eigenvalue weighted by atomic mass is 32.2. The largest absolute Gasteiger partial charge is 0.466 e. The zero-order valence-electron chi connectivity index (χ0n) is 13.4. The van der Waals surface area contributed by atoms with Gasteiger partial charge in [-0.3, -0.25) is 14.4 Å². The molecule has 1 aliphatic carbocycles. The second-order valence-electron chi connectivity index (χ2n) is 6.18. The Balaban J connectivity index is 1.80. The Kier molecular flexibility index (Phi) is 6.29. The fourth-order valence-electron chi connectivity index (χ4n) is 3.39. The number of rotatable bonds is 5. The van der Waals surface area contributed by atoms with Gasteiger partial charge < -0.3 is 9.64 Å². The van der Waals surface area contributed by atoms with Gasteiger partial charge in [-0.05, 0) is 38.5 Å². The quantitative estimate of drug-likeness (QED) is 0.725. The Hall–Kier alpha value is -1.04. The minimum absolute atomic E-state index is 0.00188. The molecule has 5 nitrogen and oxygen atoms in total. The summed E-state index contributed by atoms with van der Waals surface area (Å²) >= 11 is 1.31. The van der Waals surface area contributed by atoms with Gasteiger partial charge in [0.2, 0.25) is 5.91 Å². The van der Waals surface area contributed by atoms with Gasteiger partial charge in [-0.15, -0.1) is 0 Å². The van der Waals surface area contributed by atoms with Crippen LogP contribution < -0.4 is 0 Å². The molecule has 1 amide bonds. The van der Waals surface area contributed by atoms with Crippen molar-refractivity contribution in [2.24, 2.45) is 11.8 Å². The summed E-state index contributed by atoms with van der Waals surface area (Å²) in [6.07, 6.45) is 3.92. The average molecular weight is 327 g/mol. The molecule has 1 saturated carbocycles. The van der Waals surface area contributed by atoms with Crippen LogP contribution in [0.5, 0.6) is 0 Å². The number of nitrogens with zero attached hydrogens (tertiary/aromatic N) is 1. The number of hydrogen-bond acceptors (Lipinski definition) is 5. The molecular weight excluding hydrogens is 302 g/mol. The highest BCUT2D eigenvalue weighted by molar-refractivity contribution is 8.13. The lowest BCUT2D eigenvalue weighted by atomic mass is 9.85. The minimum Gasteiger partial charge on any atom is -0.466 e. The van der Waals surface area contributed by atoms with Crippen LogP contribution in [0.2, 0.25) is 0 Å². The third-order valence-electron chi connectivity index (χ3n) is 4.52. The van der Waals surface area contributed by atoms with Crippen LogP contribution in [0.4, 0.5) is 0 Å². The van der Waals surface area contributed by atoms with E-state index < -0.39 is 0 Å². The van der Waals surface area contributed by atoms with E-state index in [9.17, 15) is 14.4 Å². The standard InChI is InChI=1S/C16H25NO4S/c1-3-21-16(20)13-4-6-14(7-5-13)17-9-12(8-15(17)19)10-22-11(2)18/h12-14H,3-10H2,1-2H3. The minimum atomic E-state index is -0.0931. The van der Waals surface area contributed by atoms with Crippen molar-refractivity contribution in [2.75, 3.05) is 18.9 Å². The lowest BCUT2D eigenvalue weighted by Crippen LogP contribution is -2.40. The molecule has 1 heterocycles. The predicted octanol–water partition coefficient (Wildman–Crippen LogP) is 2.24. The van der Waals surface area contributed by atoms with E-state index in [0.29, 0.717) is 13.0 Å². The number of esters is 1. The molecule has 0 bridgehead atoms. The summed E-state index contributed by atoms with van der Waals surface area (Å²) in [7, 11) is 0. The zero-order chi connectivity index (χ0) is 16.1. The van der Waals surface area contributed by atoms with Crippen molar-refractivity contribution in [1.29, 1.82) is 0 Å². The molecule has 0 aromatic heterocycles. The van der Waals surface area contributed by atoms with Crippen molar-refractivity contribution in [3.8, 4) is 0 Å². The monoisotopic (exact) mass is 327 g/mol. The first-order valence-corrected chi connectivity index (χ1v) is 9.09. The van der Waals surface area contributed by atoms with Gasteiger partial charge >= 0.3 is 5.97 Å². The van der Waals surface area contributed by atoms with Crippen LogP contribution in [0.25, 0.3) is 0 Å². The van der Waals surface area contributed by atoms with E-state index in [-0.39, 0.29) is 34.9 Å². The fraction of sp³-hybridized carbons (Fsp3) is 0.812. The topological polar surface area (TPSA) is 63.7 Å². The summed E-state index contributed by atoms with van der Waals surface area (Å²) in [5.41, 5.74) is 0. The molecule has 22 heavy (non-hydrogen) atoms. The first kappa shape index (κ1) is 17.3. The Bertz CT molecular complexity index is 432. The molecule has 1 saturated heterocycles. The number of thioether (sulfide) groups is 1. The van der Waals surface area contributed by atoms with Gasteiger partial charge in [0.05, 0.1) is 12.5 Å². The first-order valence-electron chi connectivity index (χ1n) is 8.10. The van der Waals surface area contributed by atoms with Gasteiger partial charge in [0, 0.05) is 31.7 Å². The first-order chi connectivity index (χ1) is 10.5. The second kappa shape index (κ2) is 7.99. The van der Waals surface area contributed by atoms with E-state index in [4.69, 9.17) is 4.74 Å². The Labute approximate surface area is 136 Å². The summed E-state index contributed by atoms with van der Waals surface area (Å²) in [5, 5.41) is 0.112. The molecule has 0 aromatic rings. The van der Waals surface area contributed by atoms with Gasteiger partial charge in [0.1, 0.15) is 0 Å². The van der Waals surface area contributed by atoms with Crippen LogP contribution in [0.1, 0.15) is 46.0 Å². The van der Waals surface area contributed by atoms with Gasteiger partial charge in [0.15, 0.2) is 5.12 Å². The number of likely N-dealkylation sites (tertiary alicyclic amines) is 1. The number of amides is 1. The van der Waals surface area contributed by atoms with Crippen LogP contribution in [-0.2, 0) is 19.1 Å². The molecule has 1 unspecified atom stereocenters. The number of carbonyl (C=O) groups excluding carboxylic acids is 3. The third kappa shape index (κ3) is 4.48. The van der Waals surface area contributed by atoms with E-state index in [1.165, 1.54) is 11.8 Å².